The molecule has 2 amide bonds. The van der Waals surface area contributed by atoms with E-state index < -0.39 is 11.7 Å². The molecule has 1 fully saturated rings. The Morgan fingerprint density at radius 3 is 2.60 bits per heavy atom. The molecule has 0 radical (unpaired) electrons. The van der Waals surface area contributed by atoms with Gasteiger partial charge < -0.3 is 20.3 Å². The minimum atomic E-state index is -4.46. The lowest BCUT2D eigenvalue weighted by Gasteiger charge is -2.28. The highest BCUT2D eigenvalue weighted by Crippen LogP contribution is 2.44. The Morgan fingerprint density at radius 2 is 1.90 bits per heavy atom. The molecule has 0 aromatic heterocycles. The molecule has 9 heteroatoms. The van der Waals surface area contributed by atoms with E-state index in [1.54, 1.807) is 30.1 Å². The van der Waals surface area contributed by atoms with E-state index in [4.69, 9.17) is 4.74 Å². The summed E-state index contributed by atoms with van der Waals surface area (Å²) in [6.45, 7) is 0.638. The molecule has 1 unspecified atom stereocenters. The van der Waals surface area contributed by atoms with E-state index >= 15 is 0 Å². The fraction of sp³-hybridized carbons (Fsp3) is 0.333. The van der Waals surface area contributed by atoms with Crippen LogP contribution in [0.1, 0.15) is 24.0 Å². The number of rotatable bonds is 3. The molecule has 2 aromatic carbocycles. The number of hydrogen-bond acceptors (Lipinski definition) is 4. The Bertz CT molecular complexity index is 1010. The first kappa shape index (κ1) is 20.1. The van der Waals surface area contributed by atoms with Gasteiger partial charge >= 0.3 is 6.18 Å². The van der Waals surface area contributed by atoms with Crippen molar-refractivity contribution in [3.05, 3.63) is 47.5 Å². The molecule has 2 N–H and O–H groups in total. The summed E-state index contributed by atoms with van der Waals surface area (Å²) in [6.07, 6.45) is -3.58. The van der Waals surface area contributed by atoms with Crippen molar-refractivity contribution in [2.24, 2.45) is 5.92 Å². The maximum Gasteiger partial charge on any atom is 0.416 e. The summed E-state index contributed by atoms with van der Waals surface area (Å²) in [4.78, 5) is 25.5. The van der Waals surface area contributed by atoms with Gasteiger partial charge in [-0.15, -0.1) is 0 Å². The number of amides is 2. The molecule has 2 heterocycles. The van der Waals surface area contributed by atoms with Crippen LogP contribution < -0.4 is 15.4 Å². The number of nitrogens with one attached hydrogen (secondary N) is 2. The number of ether oxygens (including phenoxy) is 1. The number of halogens is 3. The summed E-state index contributed by atoms with van der Waals surface area (Å²) in [5.74, 6) is 0.125. The highest BCUT2D eigenvalue weighted by atomic mass is 19.4. The Hall–Kier alpha value is -3.23. The molecule has 1 atom stereocenters. The zero-order chi connectivity index (χ0) is 21.5. The third-order valence-corrected chi connectivity index (χ3v) is 5.31. The van der Waals surface area contributed by atoms with Gasteiger partial charge in [-0.1, -0.05) is 6.07 Å². The van der Waals surface area contributed by atoms with Crippen molar-refractivity contribution in [1.29, 1.82) is 0 Å². The Balaban J connectivity index is 1.43. The van der Waals surface area contributed by atoms with Gasteiger partial charge in [-0.05, 0) is 42.3 Å². The number of nitrogens with zero attached hydrogens (tertiary/aromatic N) is 1. The maximum absolute atomic E-state index is 13.0. The summed E-state index contributed by atoms with van der Waals surface area (Å²) in [6, 6.07) is 8.54. The van der Waals surface area contributed by atoms with E-state index in [9.17, 15) is 22.8 Å². The second kappa shape index (κ2) is 7.55. The van der Waals surface area contributed by atoms with Crippen LogP contribution in [0.2, 0.25) is 0 Å². The number of likely N-dealkylation sites (tertiary alicyclic amines) is 1. The van der Waals surface area contributed by atoms with Crippen LogP contribution >= 0.6 is 0 Å². The minimum Gasteiger partial charge on any atom is -0.453 e. The fourth-order valence-electron chi connectivity index (χ4n) is 3.57. The van der Waals surface area contributed by atoms with E-state index in [1.165, 1.54) is 6.07 Å². The molecule has 6 nitrogen and oxygen atoms in total. The average Bonchev–Trinajstić information content (AvgIpc) is 2.71. The highest BCUT2D eigenvalue weighted by Gasteiger charge is 2.32. The molecule has 158 valence electrons. The fourth-order valence-corrected chi connectivity index (χ4v) is 3.57. The number of fused-ring (bicyclic) bond motifs is 2. The molecule has 4 rings (SSSR count). The molecule has 0 bridgehead atoms. The molecular formula is C21H20F3N3O3. The number of carbonyl (C=O) groups excluding carboxylic acids is 2. The number of piperidine rings is 1. The van der Waals surface area contributed by atoms with Gasteiger partial charge in [0, 0.05) is 26.6 Å². The lowest BCUT2D eigenvalue weighted by Crippen LogP contribution is -2.43. The van der Waals surface area contributed by atoms with Crippen molar-refractivity contribution in [3.8, 4) is 11.5 Å². The van der Waals surface area contributed by atoms with Crippen LogP contribution in [0.4, 0.5) is 24.5 Å². The van der Waals surface area contributed by atoms with Crippen LogP contribution in [-0.4, -0.2) is 30.3 Å². The first-order valence-electron chi connectivity index (χ1n) is 9.51. The van der Waals surface area contributed by atoms with Crippen LogP contribution in [-0.2, 0) is 22.3 Å². The number of benzene rings is 2. The zero-order valence-electron chi connectivity index (χ0n) is 16.2. The molecule has 2 aliphatic heterocycles. The minimum absolute atomic E-state index is 0.0346. The number of anilines is 2. The van der Waals surface area contributed by atoms with Gasteiger partial charge in [-0.25, -0.2) is 0 Å². The van der Waals surface area contributed by atoms with E-state index in [0.717, 1.165) is 17.7 Å². The Labute approximate surface area is 171 Å². The van der Waals surface area contributed by atoms with E-state index in [-0.39, 0.29) is 30.0 Å². The van der Waals surface area contributed by atoms with Crippen molar-refractivity contribution in [3.63, 3.8) is 0 Å². The molecule has 2 aromatic rings. The number of hydrogen-bond donors (Lipinski definition) is 2. The van der Waals surface area contributed by atoms with Crippen LogP contribution in [0.3, 0.4) is 0 Å². The zero-order valence-corrected chi connectivity index (χ0v) is 16.2. The van der Waals surface area contributed by atoms with E-state index in [0.29, 0.717) is 36.5 Å². The number of alkyl halides is 3. The average molecular weight is 419 g/mol. The predicted octanol–water partition coefficient (Wildman–Crippen LogP) is 4.04. The van der Waals surface area contributed by atoms with Crippen molar-refractivity contribution < 1.29 is 27.5 Å². The third-order valence-electron chi connectivity index (χ3n) is 5.31. The van der Waals surface area contributed by atoms with Gasteiger partial charge in [0.05, 0.1) is 22.9 Å². The topological polar surface area (TPSA) is 70.7 Å². The Morgan fingerprint density at radius 1 is 1.20 bits per heavy atom. The smallest absolute Gasteiger partial charge is 0.416 e. The molecule has 0 spiro atoms. The van der Waals surface area contributed by atoms with Crippen LogP contribution in [0.5, 0.6) is 11.5 Å². The van der Waals surface area contributed by atoms with Gasteiger partial charge in [-0.3, -0.25) is 9.59 Å². The maximum atomic E-state index is 13.0. The summed E-state index contributed by atoms with van der Waals surface area (Å²) in [5, 5.41) is 5.91. The second-order valence-corrected chi connectivity index (χ2v) is 7.49. The van der Waals surface area contributed by atoms with Crippen molar-refractivity contribution in [1.82, 2.24) is 10.2 Å². The van der Waals surface area contributed by atoms with Crippen molar-refractivity contribution in [2.45, 2.75) is 25.6 Å². The van der Waals surface area contributed by atoms with Gasteiger partial charge in [0.2, 0.25) is 11.8 Å². The largest absolute Gasteiger partial charge is 0.453 e. The molecular weight excluding hydrogens is 399 g/mol. The van der Waals surface area contributed by atoms with Crippen LogP contribution in [0.15, 0.2) is 36.4 Å². The van der Waals surface area contributed by atoms with Crippen molar-refractivity contribution >= 4 is 23.2 Å². The molecule has 1 saturated heterocycles. The molecule has 30 heavy (non-hydrogen) atoms. The lowest BCUT2D eigenvalue weighted by molar-refractivity contribution is -0.138. The van der Waals surface area contributed by atoms with Gasteiger partial charge in [0.25, 0.3) is 0 Å². The van der Waals surface area contributed by atoms with Gasteiger partial charge in [0.1, 0.15) is 0 Å². The predicted molar refractivity (Wildman–Crippen MR) is 103 cm³/mol. The Kier molecular flexibility index (Phi) is 5.05. The summed E-state index contributed by atoms with van der Waals surface area (Å²) < 4.78 is 44.5. The standard InChI is InChI=1S/C21H20F3N3O3/c1-27-11-13(3-7-19(27)28)20(29)25-10-12-2-5-15-17(8-12)30-18-9-14(21(22,23)24)4-6-16(18)26-15/h2,4-6,8-9,13,26H,3,7,10-11H2,1H3,(H,25,29). The molecule has 0 saturated carbocycles. The normalized spacial score (nSPS) is 18.1. The van der Waals surface area contributed by atoms with Crippen molar-refractivity contribution in [2.75, 3.05) is 18.9 Å². The highest BCUT2D eigenvalue weighted by molar-refractivity contribution is 5.83. The van der Waals surface area contributed by atoms with E-state index in [2.05, 4.69) is 10.6 Å². The lowest BCUT2D eigenvalue weighted by atomic mass is 9.97. The van der Waals surface area contributed by atoms with E-state index in [1.807, 2.05) is 0 Å². The first-order valence-corrected chi connectivity index (χ1v) is 9.51. The second-order valence-electron chi connectivity index (χ2n) is 7.49. The summed E-state index contributed by atoms with van der Waals surface area (Å²) >= 11 is 0. The molecule has 0 aliphatic carbocycles. The number of carbonyl (C=O) groups is 2. The van der Waals surface area contributed by atoms with Gasteiger partial charge in [0.15, 0.2) is 11.5 Å². The summed E-state index contributed by atoms with van der Waals surface area (Å²) in [7, 11) is 1.68. The SMILES string of the molecule is CN1CC(C(=O)NCc2ccc3c(c2)Oc2cc(C(F)(F)F)ccc2N3)CCC1=O. The quantitative estimate of drug-likeness (QED) is 0.672. The molecule has 2 aliphatic rings. The van der Waals surface area contributed by atoms with Gasteiger partial charge in [-0.2, -0.15) is 13.2 Å². The summed E-state index contributed by atoms with van der Waals surface area (Å²) in [5.41, 5.74) is 1.04. The first-order chi connectivity index (χ1) is 14.2. The third kappa shape index (κ3) is 4.05. The van der Waals surface area contributed by atoms with Crippen LogP contribution in [0.25, 0.3) is 0 Å². The van der Waals surface area contributed by atoms with Crippen LogP contribution in [0, 0.1) is 5.92 Å². The monoisotopic (exact) mass is 419 g/mol.